The first kappa shape index (κ1) is 14.7. The number of rotatable bonds is 2. The number of hydrogen-bond acceptors (Lipinski definition) is 0. The Hall–Kier alpha value is -1.86. The number of allylic oxidation sites excluding steroid dienone is 3. The van der Waals surface area contributed by atoms with Crippen molar-refractivity contribution in [3.8, 4) is 0 Å². The molecule has 114 valence electrons. The van der Waals surface area contributed by atoms with Crippen molar-refractivity contribution in [2.45, 2.75) is 38.8 Å². The lowest BCUT2D eigenvalue weighted by Crippen LogP contribution is -2.16. The van der Waals surface area contributed by atoms with Crippen LogP contribution in [0.25, 0.3) is 11.6 Å². The van der Waals surface area contributed by atoms with Crippen LogP contribution in [-0.2, 0) is 0 Å². The molecule has 0 amide bonds. The van der Waals surface area contributed by atoms with Gasteiger partial charge >= 0.3 is 0 Å². The van der Waals surface area contributed by atoms with Gasteiger partial charge in [-0.1, -0.05) is 59.7 Å². The lowest BCUT2D eigenvalue weighted by molar-refractivity contribution is 1.03. The number of aryl methyl sites for hydroxylation is 1. The Kier molecular flexibility index (Phi) is 3.42. The van der Waals surface area contributed by atoms with Gasteiger partial charge in [-0.3, -0.25) is 0 Å². The molecular weight excluding hydrogens is 292 g/mol. The molecule has 0 aromatic heterocycles. The molecule has 4 rings (SSSR count). The van der Waals surface area contributed by atoms with Crippen LogP contribution in [0.1, 0.15) is 59.7 Å². The van der Waals surface area contributed by atoms with E-state index in [1.54, 1.807) is 11.1 Å². The third-order valence-electron chi connectivity index (χ3n) is 5.49. The van der Waals surface area contributed by atoms with E-state index in [9.17, 15) is 0 Å². The fourth-order valence-electron chi connectivity index (χ4n) is 4.17. The van der Waals surface area contributed by atoms with E-state index in [0.29, 0.717) is 11.1 Å². The lowest BCUT2D eigenvalue weighted by Gasteiger charge is -2.21. The minimum absolute atomic E-state index is 0.587. The third kappa shape index (κ3) is 2.18. The number of fused-ring (bicyclic) bond motifs is 2. The van der Waals surface area contributed by atoms with Crippen LogP contribution in [0.3, 0.4) is 0 Å². The summed E-state index contributed by atoms with van der Waals surface area (Å²) in [6, 6.07) is 15.7. The number of hydrogen-bond donors (Lipinski definition) is 0. The van der Waals surface area contributed by atoms with E-state index in [0.717, 1.165) is 9.52 Å². The molecule has 0 saturated carbocycles. The van der Waals surface area contributed by atoms with Crippen LogP contribution >= 0.6 is 0 Å². The standard InChI is InChI=1S/C22H22Si/c1-13-8-7-11-19-20(13)15(3)16(4)22(19)23-21-14(2)12-17-9-5-6-10-18(17)21/h5-12,21-22H,1-4H3. The fourth-order valence-corrected chi connectivity index (χ4v) is 6.18. The third-order valence-corrected chi connectivity index (χ3v) is 7.67. The molecule has 0 fully saturated rings. The van der Waals surface area contributed by atoms with E-state index in [-0.39, 0.29) is 0 Å². The molecule has 0 N–H and O–H groups in total. The van der Waals surface area contributed by atoms with Gasteiger partial charge < -0.3 is 0 Å². The molecule has 2 atom stereocenters. The second-order valence-corrected chi connectivity index (χ2v) is 8.39. The highest BCUT2D eigenvalue weighted by Gasteiger charge is 2.33. The van der Waals surface area contributed by atoms with Gasteiger partial charge in [0.05, 0.1) is 9.52 Å². The van der Waals surface area contributed by atoms with Gasteiger partial charge in [0.25, 0.3) is 0 Å². The summed E-state index contributed by atoms with van der Waals surface area (Å²) in [6.07, 6.45) is 2.38. The molecular formula is C22H22Si. The van der Waals surface area contributed by atoms with E-state index < -0.39 is 0 Å². The largest absolute Gasteiger partial charge is 0.0684 e. The quantitative estimate of drug-likeness (QED) is 0.623. The van der Waals surface area contributed by atoms with E-state index in [2.05, 4.69) is 76.2 Å². The number of benzene rings is 2. The van der Waals surface area contributed by atoms with Crippen LogP contribution in [0, 0.1) is 6.92 Å². The van der Waals surface area contributed by atoms with E-state index in [1.165, 1.54) is 33.4 Å². The highest BCUT2D eigenvalue weighted by atomic mass is 28.2. The van der Waals surface area contributed by atoms with Crippen LogP contribution in [0.5, 0.6) is 0 Å². The summed E-state index contributed by atoms with van der Waals surface area (Å²) >= 11 is 0. The summed E-state index contributed by atoms with van der Waals surface area (Å²) in [7, 11) is 0.890. The van der Waals surface area contributed by atoms with Crippen LogP contribution in [-0.4, -0.2) is 9.52 Å². The molecule has 2 unspecified atom stereocenters. The Morgan fingerprint density at radius 3 is 2.35 bits per heavy atom. The molecule has 23 heavy (non-hydrogen) atoms. The van der Waals surface area contributed by atoms with Crippen molar-refractivity contribution in [3.05, 3.63) is 81.4 Å². The molecule has 2 aromatic rings. The Bertz CT molecular complexity index is 854. The maximum absolute atomic E-state index is 2.38. The molecule has 2 aromatic carbocycles. The molecule has 0 aliphatic heterocycles. The van der Waals surface area contributed by atoms with Crippen molar-refractivity contribution in [1.29, 1.82) is 0 Å². The predicted molar refractivity (Wildman–Crippen MR) is 101 cm³/mol. The van der Waals surface area contributed by atoms with Crippen LogP contribution < -0.4 is 0 Å². The molecule has 0 bridgehead atoms. The molecule has 1 heteroatoms. The Labute approximate surface area is 141 Å². The zero-order valence-electron chi connectivity index (χ0n) is 14.3. The molecule has 0 spiro atoms. The van der Waals surface area contributed by atoms with Gasteiger partial charge in [-0.2, -0.15) is 0 Å². The molecule has 0 nitrogen and oxygen atoms in total. The van der Waals surface area contributed by atoms with Gasteiger partial charge in [0.15, 0.2) is 0 Å². The zero-order chi connectivity index (χ0) is 16.1. The van der Waals surface area contributed by atoms with Crippen molar-refractivity contribution in [2.24, 2.45) is 0 Å². The summed E-state index contributed by atoms with van der Waals surface area (Å²) < 4.78 is 0. The first-order valence-electron chi connectivity index (χ1n) is 8.38. The average Bonchev–Trinajstić information content (AvgIpc) is 2.98. The minimum Gasteiger partial charge on any atom is -0.0684 e. The molecule has 0 saturated heterocycles. The second kappa shape index (κ2) is 5.35. The van der Waals surface area contributed by atoms with Crippen molar-refractivity contribution in [1.82, 2.24) is 0 Å². The lowest BCUT2D eigenvalue weighted by atomic mass is 10.0. The van der Waals surface area contributed by atoms with Gasteiger partial charge in [-0.25, -0.2) is 0 Å². The smallest absolute Gasteiger partial charge is 0.0678 e. The highest BCUT2D eigenvalue weighted by Crippen LogP contribution is 2.46. The van der Waals surface area contributed by atoms with Gasteiger partial charge in [0.1, 0.15) is 0 Å². The van der Waals surface area contributed by atoms with Crippen molar-refractivity contribution < 1.29 is 0 Å². The Morgan fingerprint density at radius 1 is 0.783 bits per heavy atom. The van der Waals surface area contributed by atoms with Crippen LogP contribution in [0.15, 0.2) is 53.6 Å². The first-order valence-corrected chi connectivity index (χ1v) is 9.54. The Balaban J connectivity index is 1.74. The minimum atomic E-state index is 0.587. The molecule has 2 aliphatic rings. The van der Waals surface area contributed by atoms with E-state index >= 15 is 0 Å². The van der Waals surface area contributed by atoms with Crippen LogP contribution in [0.2, 0.25) is 0 Å². The SMILES string of the molecule is CC1=Cc2ccccc2C1[Si]C1C(C)=C(C)c2c(C)cccc21. The summed E-state index contributed by atoms with van der Waals surface area (Å²) in [5, 5.41) is 0. The zero-order valence-corrected chi connectivity index (χ0v) is 15.3. The molecule has 2 radical (unpaired) electrons. The summed E-state index contributed by atoms with van der Waals surface area (Å²) in [6.45, 7) is 9.19. The van der Waals surface area contributed by atoms with Crippen LogP contribution in [0.4, 0.5) is 0 Å². The maximum atomic E-state index is 2.38. The van der Waals surface area contributed by atoms with Crippen molar-refractivity contribution in [3.63, 3.8) is 0 Å². The van der Waals surface area contributed by atoms with Gasteiger partial charge in [0.2, 0.25) is 0 Å². The van der Waals surface area contributed by atoms with E-state index in [4.69, 9.17) is 0 Å². The summed E-state index contributed by atoms with van der Waals surface area (Å²) in [5.41, 5.74) is 13.2. The highest BCUT2D eigenvalue weighted by molar-refractivity contribution is 6.44. The normalized spacial score (nSPS) is 22.2. The molecule has 2 aliphatic carbocycles. The second-order valence-electron chi connectivity index (χ2n) is 6.90. The van der Waals surface area contributed by atoms with Gasteiger partial charge in [0, 0.05) is 0 Å². The fraction of sp³-hybridized carbons (Fsp3) is 0.273. The summed E-state index contributed by atoms with van der Waals surface area (Å²) in [4.78, 5) is 0. The Morgan fingerprint density at radius 2 is 1.52 bits per heavy atom. The molecule has 0 heterocycles. The van der Waals surface area contributed by atoms with Crippen molar-refractivity contribution in [2.75, 3.05) is 0 Å². The predicted octanol–water partition coefficient (Wildman–Crippen LogP) is 5.71. The monoisotopic (exact) mass is 314 g/mol. The topological polar surface area (TPSA) is 0 Å². The van der Waals surface area contributed by atoms with Gasteiger partial charge in [-0.15, -0.1) is 0 Å². The van der Waals surface area contributed by atoms with E-state index in [1.807, 2.05) is 0 Å². The first-order chi connectivity index (χ1) is 11.1. The van der Waals surface area contributed by atoms with Crippen molar-refractivity contribution >= 4 is 21.2 Å². The maximum Gasteiger partial charge on any atom is 0.0678 e. The summed E-state index contributed by atoms with van der Waals surface area (Å²) in [5.74, 6) is 0. The van der Waals surface area contributed by atoms with Gasteiger partial charge in [-0.05, 0) is 72.2 Å². The average molecular weight is 315 g/mol.